The Morgan fingerprint density at radius 3 is 2.72 bits per heavy atom. The number of nitrogens with zero attached hydrogens (tertiary/aromatic N) is 1. The van der Waals surface area contributed by atoms with Crippen LogP contribution in [0.25, 0.3) is 0 Å². The molecule has 0 aliphatic rings. The molecule has 0 spiro atoms. The van der Waals surface area contributed by atoms with Crippen molar-refractivity contribution in [2.24, 2.45) is 5.73 Å². The molecule has 0 aliphatic heterocycles. The molecule has 0 aliphatic carbocycles. The fourth-order valence-electron chi connectivity index (χ4n) is 1.05. The van der Waals surface area contributed by atoms with Crippen molar-refractivity contribution in [2.75, 3.05) is 5.75 Å². The molecule has 0 fully saturated rings. The third kappa shape index (κ3) is 9.09. The van der Waals surface area contributed by atoms with Gasteiger partial charge < -0.3 is 5.73 Å². The second-order valence-corrected chi connectivity index (χ2v) is 4.20. The Kier molecular flexibility index (Phi) is 12.0. The summed E-state index contributed by atoms with van der Waals surface area (Å²) in [6, 6.07) is 5.10. The number of rotatable bonds is 5. The molecule has 18 heavy (non-hydrogen) atoms. The monoisotopic (exact) mass is 310 g/mol. The van der Waals surface area contributed by atoms with Gasteiger partial charge in [0.05, 0.1) is 5.69 Å². The van der Waals surface area contributed by atoms with Crippen LogP contribution in [0.1, 0.15) is 12.1 Å². The lowest BCUT2D eigenvalue weighted by molar-refractivity contribution is 0.253. The Morgan fingerprint density at radius 1 is 1.44 bits per heavy atom. The fraction of sp³-hybridized carbons (Fsp3) is 0.300. The maximum absolute atomic E-state index is 10.4. The minimum absolute atomic E-state index is 0. The molecular formula is C10H16Cl2N4OS. The van der Waals surface area contributed by atoms with Crippen LogP contribution in [0.3, 0.4) is 0 Å². The summed E-state index contributed by atoms with van der Waals surface area (Å²) in [7, 11) is 0. The van der Waals surface area contributed by atoms with Crippen molar-refractivity contribution in [2.45, 2.75) is 12.2 Å². The first-order valence-electron chi connectivity index (χ1n) is 4.80. The number of carbonyl (C=O) groups is 1. The highest BCUT2D eigenvalue weighted by molar-refractivity contribution is 7.98. The molecule has 0 unspecified atom stereocenters. The van der Waals surface area contributed by atoms with Gasteiger partial charge in [-0.3, -0.25) is 15.7 Å². The van der Waals surface area contributed by atoms with E-state index in [2.05, 4.69) is 10.3 Å². The molecule has 1 heterocycles. The lowest BCUT2D eigenvalue weighted by Crippen LogP contribution is -2.34. The first-order valence-corrected chi connectivity index (χ1v) is 5.95. The van der Waals surface area contributed by atoms with Crippen molar-refractivity contribution in [1.29, 1.82) is 5.41 Å². The number of hydrogen-bond donors (Lipinski definition) is 3. The zero-order chi connectivity index (χ0) is 11.8. The summed E-state index contributed by atoms with van der Waals surface area (Å²) in [5.41, 5.74) is 5.90. The van der Waals surface area contributed by atoms with Crippen LogP contribution in [0.2, 0.25) is 0 Å². The summed E-state index contributed by atoms with van der Waals surface area (Å²) < 4.78 is 0. The molecule has 5 nitrogen and oxygen atoms in total. The predicted molar refractivity (Wildman–Crippen MR) is 80.0 cm³/mol. The number of hydrogen-bond acceptors (Lipinski definition) is 4. The van der Waals surface area contributed by atoms with Crippen LogP contribution in [-0.4, -0.2) is 22.6 Å². The predicted octanol–water partition coefficient (Wildman–Crippen LogP) is 2.19. The van der Waals surface area contributed by atoms with Gasteiger partial charge in [0.2, 0.25) is 0 Å². The van der Waals surface area contributed by atoms with Gasteiger partial charge in [0.1, 0.15) is 5.84 Å². The van der Waals surface area contributed by atoms with Crippen LogP contribution in [0, 0.1) is 5.41 Å². The van der Waals surface area contributed by atoms with Crippen LogP contribution >= 0.6 is 36.6 Å². The van der Waals surface area contributed by atoms with Gasteiger partial charge in [-0.1, -0.05) is 6.07 Å². The van der Waals surface area contributed by atoms with E-state index in [9.17, 15) is 4.79 Å². The Labute approximate surface area is 123 Å². The normalized spacial score (nSPS) is 8.67. The summed E-state index contributed by atoms with van der Waals surface area (Å²) >= 11 is 1.67. The number of carbonyl (C=O) groups excluding carboxylic acids is 1. The smallest absolute Gasteiger partial charge is 0.317 e. The first-order chi connectivity index (χ1) is 7.68. The highest BCUT2D eigenvalue weighted by Crippen LogP contribution is 2.10. The first kappa shape index (κ1) is 19.4. The molecule has 4 N–H and O–H groups in total. The number of nitrogens with one attached hydrogen (secondary N) is 2. The highest BCUT2D eigenvalue weighted by atomic mass is 35.5. The molecule has 1 aromatic rings. The Bertz CT molecular complexity index is 364. The van der Waals surface area contributed by atoms with E-state index in [0.29, 0.717) is 6.42 Å². The minimum atomic E-state index is -0.681. The van der Waals surface area contributed by atoms with E-state index in [1.165, 1.54) is 0 Å². The largest absolute Gasteiger partial charge is 0.351 e. The van der Waals surface area contributed by atoms with Crippen molar-refractivity contribution >= 4 is 48.4 Å². The number of primary amides is 1. The number of halogens is 2. The minimum Gasteiger partial charge on any atom is -0.351 e. The third-order valence-corrected chi connectivity index (χ3v) is 2.74. The number of aromatic nitrogens is 1. The molecule has 0 saturated carbocycles. The second kappa shape index (κ2) is 11.1. The molecule has 0 saturated heterocycles. The van der Waals surface area contributed by atoms with Gasteiger partial charge in [-0.2, -0.15) is 11.8 Å². The van der Waals surface area contributed by atoms with E-state index >= 15 is 0 Å². The summed E-state index contributed by atoms with van der Waals surface area (Å²) in [4.78, 5) is 14.6. The van der Waals surface area contributed by atoms with Crippen molar-refractivity contribution in [3.05, 3.63) is 30.1 Å². The third-order valence-electron chi connectivity index (χ3n) is 1.75. The van der Waals surface area contributed by atoms with E-state index in [-0.39, 0.29) is 30.6 Å². The molecule has 1 aromatic heterocycles. The van der Waals surface area contributed by atoms with Crippen molar-refractivity contribution in [3.8, 4) is 0 Å². The van der Waals surface area contributed by atoms with Gasteiger partial charge >= 0.3 is 6.03 Å². The van der Waals surface area contributed by atoms with Crippen molar-refractivity contribution in [1.82, 2.24) is 10.3 Å². The number of amides is 2. The zero-order valence-corrected chi connectivity index (χ0v) is 12.0. The standard InChI is InChI=1S/C10H14N4OS.2ClH/c11-9(14-10(12)15)4-6-16-7-8-3-1-2-5-13-8;;/h1-3,5H,4,6-7H2,(H4,11,12,14,15);2*1H. The SMILES string of the molecule is Cl.Cl.N=C(CCSCc1ccccn1)NC(N)=O. The zero-order valence-electron chi connectivity index (χ0n) is 9.59. The van der Waals surface area contributed by atoms with E-state index < -0.39 is 6.03 Å². The van der Waals surface area contributed by atoms with Gasteiger partial charge in [-0.25, -0.2) is 4.79 Å². The molecule has 0 atom stereocenters. The molecule has 0 aromatic carbocycles. The molecular weight excluding hydrogens is 295 g/mol. The number of pyridine rings is 1. The topological polar surface area (TPSA) is 91.9 Å². The van der Waals surface area contributed by atoms with E-state index in [4.69, 9.17) is 11.1 Å². The van der Waals surface area contributed by atoms with Crippen LogP contribution in [0.4, 0.5) is 4.79 Å². The van der Waals surface area contributed by atoms with Crippen LogP contribution in [0.15, 0.2) is 24.4 Å². The molecule has 0 radical (unpaired) electrons. The molecule has 2 amide bonds. The van der Waals surface area contributed by atoms with Crippen LogP contribution in [0.5, 0.6) is 0 Å². The van der Waals surface area contributed by atoms with Crippen LogP contribution in [-0.2, 0) is 5.75 Å². The second-order valence-electron chi connectivity index (χ2n) is 3.09. The van der Waals surface area contributed by atoms with Crippen molar-refractivity contribution < 1.29 is 4.79 Å². The van der Waals surface area contributed by atoms with E-state index in [0.717, 1.165) is 17.2 Å². The Hall–Kier alpha value is -0.980. The van der Waals surface area contributed by atoms with Gasteiger partial charge in [0, 0.05) is 24.1 Å². The summed E-state index contributed by atoms with van der Waals surface area (Å²) in [6.45, 7) is 0. The lowest BCUT2D eigenvalue weighted by atomic mass is 10.4. The summed E-state index contributed by atoms with van der Waals surface area (Å²) in [6.07, 6.45) is 2.26. The van der Waals surface area contributed by atoms with Crippen molar-refractivity contribution in [3.63, 3.8) is 0 Å². The average Bonchev–Trinajstić information content (AvgIpc) is 2.25. The Balaban J connectivity index is 0. The van der Waals surface area contributed by atoms with E-state index in [1.54, 1.807) is 18.0 Å². The maximum Gasteiger partial charge on any atom is 0.317 e. The van der Waals surface area contributed by atoms with E-state index in [1.807, 2.05) is 18.2 Å². The molecule has 1 rings (SSSR count). The van der Waals surface area contributed by atoms with Gasteiger partial charge in [0.25, 0.3) is 0 Å². The molecule has 0 bridgehead atoms. The fourth-order valence-corrected chi connectivity index (χ4v) is 1.92. The van der Waals surface area contributed by atoms with Crippen LogP contribution < -0.4 is 11.1 Å². The number of thioether (sulfide) groups is 1. The highest BCUT2D eigenvalue weighted by Gasteiger charge is 2.00. The summed E-state index contributed by atoms with van der Waals surface area (Å²) in [5.74, 6) is 1.72. The van der Waals surface area contributed by atoms with Gasteiger partial charge in [-0.05, 0) is 12.1 Å². The molecule has 8 heteroatoms. The lowest BCUT2D eigenvalue weighted by Gasteiger charge is -2.03. The summed E-state index contributed by atoms with van der Waals surface area (Å²) in [5, 5.41) is 9.60. The average molecular weight is 311 g/mol. The number of nitrogens with two attached hydrogens (primary N) is 1. The molecule has 102 valence electrons. The maximum atomic E-state index is 10.4. The number of amidine groups is 1. The Morgan fingerprint density at radius 2 is 2.17 bits per heavy atom. The van der Waals surface area contributed by atoms with Gasteiger partial charge in [-0.15, -0.1) is 24.8 Å². The quantitative estimate of drug-likeness (QED) is 0.442. The van der Waals surface area contributed by atoms with Gasteiger partial charge in [0.15, 0.2) is 0 Å². The number of urea groups is 1.